The first-order valence-corrected chi connectivity index (χ1v) is 11.0. The van der Waals surface area contributed by atoms with Crippen molar-refractivity contribution in [1.29, 1.82) is 0 Å². The molecule has 2 N–H and O–H groups in total. The van der Waals surface area contributed by atoms with Gasteiger partial charge in [-0.15, -0.1) is 0 Å². The Labute approximate surface area is 182 Å². The van der Waals surface area contributed by atoms with Gasteiger partial charge in [0.25, 0.3) is 0 Å². The van der Waals surface area contributed by atoms with E-state index in [4.69, 9.17) is 4.74 Å². The smallest absolute Gasteiger partial charge is 0.333 e. The number of likely N-dealkylation sites (N-methyl/N-ethyl adjacent to an activating group) is 1. The van der Waals surface area contributed by atoms with E-state index in [1.165, 1.54) is 0 Å². The van der Waals surface area contributed by atoms with Crippen molar-refractivity contribution in [3.8, 4) is 0 Å². The summed E-state index contributed by atoms with van der Waals surface area (Å²) in [5.74, 6) is -0.574. The maximum absolute atomic E-state index is 13.5. The van der Waals surface area contributed by atoms with Crippen LogP contribution in [0.4, 0.5) is 0 Å². The molecule has 172 valence electrons. The minimum Gasteiger partial charge on any atom is -0.463 e. The van der Waals surface area contributed by atoms with Crippen molar-refractivity contribution in [3.63, 3.8) is 0 Å². The fourth-order valence-corrected chi connectivity index (χ4v) is 3.66. The highest BCUT2D eigenvalue weighted by atomic mass is 16.5. The molecule has 0 aromatic heterocycles. The van der Waals surface area contributed by atoms with E-state index >= 15 is 0 Å². The van der Waals surface area contributed by atoms with Crippen LogP contribution in [0.3, 0.4) is 0 Å². The fourth-order valence-electron chi connectivity index (χ4n) is 3.66. The van der Waals surface area contributed by atoms with Crippen LogP contribution in [0.15, 0.2) is 11.6 Å². The van der Waals surface area contributed by atoms with E-state index in [1.54, 1.807) is 31.9 Å². The zero-order valence-electron chi connectivity index (χ0n) is 20.0. The Balaban J connectivity index is 3.06. The second-order valence-electron chi connectivity index (χ2n) is 9.59. The average molecular weight is 424 g/mol. The van der Waals surface area contributed by atoms with Crippen LogP contribution in [0.5, 0.6) is 0 Å². The summed E-state index contributed by atoms with van der Waals surface area (Å²) in [7, 11) is 1.73. The maximum Gasteiger partial charge on any atom is 0.333 e. The predicted octanol–water partition coefficient (Wildman–Crippen LogP) is 2.51. The van der Waals surface area contributed by atoms with Gasteiger partial charge in [0.1, 0.15) is 6.04 Å². The molecule has 0 spiro atoms. The molecular weight excluding hydrogens is 382 g/mol. The number of hydrogen-bond donors (Lipinski definition) is 2. The number of ether oxygens (including phenoxy) is 1. The first kappa shape index (κ1) is 26.1. The number of amides is 2. The molecule has 2 atom stereocenters. The molecule has 1 fully saturated rings. The maximum atomic E-state index is 13.5. The van der Waals surface area contributed by atoms with Gasteiger partial charge in [-0.1, -0.05) is 40.7 Å². The molecule has 7 nitrogen and oxygen atoms in total. The van der Waals surface area contributed by atoms with Crippen molar-refractivity contribution in [2.45, 2.75) is 73.4 Å². The summed E-state index contributed by atoms with van der Waals surface area (Å²) in [4.78, 5) is 40.0. The summed E-state index contributed by atoms with van der Waals surface area (Å²) >= 11 is 0. The molecule has 2 amide bonds. The minimum absolute atomic E-state index is 0.0579. The first-order chi connectivity index (χ1) is 13.9. The van der Waals surface area contributed by atoms with Gasteiger partial charge in [-0.25, -0.2) is 4.79 Å². The van der Waals surface area contributed by atoms with Gasteiger partial charge in [-0.2, -0.15) is 0 Å². The molecule has 1 aliphatic rings. The molecule has 1 rings (SSSR count). The van der Waals surface area contributed by atoms with E-state index in [1.807, 2.05) is 34.6 Å². The normalized spacial score (nSPS) is 18.0. The molecule has 7 heteroatoms. The number of rotatable bonds is 8. The molecular formula is C23H41N3O4. The average Bonchev–Trinajstić information content (AvgIpc) is 2.68. The van der Waals surface area contributed by atoms with Gasteiger partial charge in [0, 0.05) is 18.5 Å². The van der Waals surface area contributed by atoms with E-state index in [-0.39, 0.29) is 35.7 Å². The fraction of sp³-hybridized carbons (Fsp3) is 0.783. The Morgan fingerprint density at radius 3 is 2.23 bits per heavy atom. The van der Waals surface area contributed by atoms with Crippen molar-refractivity contribution in [2.75, 3.05) is 26.7 Å². The number of nitrogens with zero attached hydrogens (tertiary/aromatic N) is 1. The van der Waals surface area contributed by atoms with Crippen LogP contribution in [0, 0.1) is 17.3 Å². The second-order valence-corrected chi connectivity index (χ2v) is 9.59. The number of carbonyl (C=O) groups is 3. The van der Waals surface area contributed by atoms with Gasteiger partial charge in [-0.05, 0) is 51.1 Å². The number of hydrogen-bond acceptors (Lipinski definition) is 5. The third-order valence-corrected chi connectivity index (χ3v) is 5.61. The van der Waals surface area contributed by atoms with Gasteiger partial charge in [0.2, 0.25) is 11.8 Å². The third kappa shape index (κ3) is 7.42. The van der Waals surface area contributed by atoms with E-state index in [9.17, 15) is 14.4 Å². The zero-order valence-corrected chi connectivity index (χ0v) is 20.0. The molecule has 0 aromatic carbocycles. The number of esters is 1. The molecule has 1 heterocycles. The monoisotopic (exact) mass is 423 g/mol. The van der Waals surface area contributed by atoms with Crippen LogP contribution in [-0.4, -0.2) is 61.5 Å². The first-order valence-electron chi connectivity index (χ1n) is 11.0. The highest BCUT2D eigenvalue weighted by molar-refractivity contribution is 5.90. The summed E-state index contributed by atoms with van der Waals surface area (Å²) in [5.41, 5.74) is 0.0243. The summed E-state index contributed by atoms with van der Waals surface area (Å²) in [6.07, 6.45) is 3.35. The highest BCUT2D eigenvalue weighted by Crippen LogP contribution is 2.25. The summed E-state index contributed by atoms with van der Waals surface area (Å²) < 4.78 is 5.07. The van der Waals surface area contributed by atoms with Gasteiger partial charge in [0.05, 0.1) is 12.6 Å². The van der Waals surface area contributed by atoms with Crippen molar-refractivity contribution in [1.82, 2.24) is 15.5 Å². The van der Waals surface area contributed by atoms with E-state index in [0.717, 1.165) is 25.9 Å². The van der Waals surface area contributed by atoms with Gasteiger partial charge in [-0.3, -0.25) is 9.59 Å². The highest BCUT2D eigenvalue weighted by Gasteiger charge is 2.38. The molecule has 1 saturated heterocycles. The van der Waals surface area contributed by atoms with E-state index in [2.05, 4.69) is 10.6 Å². The largest absolute Gasteiger partial charge is 0.463 e. The lowest BCUT2D eigenvalue weighted by atomic mass is 9.84. The lowest BCUT2D eigenvalue weighted by molar-refractivity contribution is -0.141. The van der Waals surface area contributed by atoms with Gasteiger partial charge >= 0.3 is 5.97 Å². The van der Waals surface area contributed by atoms with Crippen molar-refractivity contribution < 1.29 is 19.1 Å². The van der Waals surface area contributed by atoms with Crippen molar-refractivity contribution >= 4 is 17.8 Å². The second kappa shape index (κ2) is 11.5. The Hall–Kier alpha value is -1.89. The van der Waals surface area contributed by atoms with Crippen LogP contribution >= 0.6 is 0 Å². The minimum atomic E-state index is -0.651. The molecule has 30 heavy (non-hydrogen) atoms. The Morgan fingerprint density at radius 1 is 1.20 bits per heavy atom. The molecule has 0 bridgehead atoms. The van der Waals surface area contributed by atoms with Crippen molar-refractivity contribution in [3.05, 3.63) is 11.6 Å². The summed E-state index contributed by atoms with van der Waals surface area (Å²) in [6, 6.07) is -0.940. The van der Waals surface area contributed by atoms with Crippen LogP contribution in [0.2, 0.25) is 0 Å². The molecule has 0 aromatic rings. The molecule has 0 radical (unpaired) electrons. The van der Waals surface area contributed by atoms with Gasteiger partial charge < -0.3 is 20.3 Å². The number of piperidine rings is 1. The van der Waals surface area contributed by atoms with Crippen LogP contribution < -0.4 is 10.6 Å². The van der Waals surface area contributed by atoms with Crippen molar-refractivity contribution in [2.24, 2.45) is 17.3 Å². The lowest BCUT2D eigenvalue weighted by Gasteiger charge is -2.38. The standard InChI is InChI=1S/C23H41N3O4/c1-9-30-22(29)16(4)14-18(15(2)3)26(8)21(28)19(23(5,6)7)25-20(27)17-10-12-24-13-11-17/h14-15,17-19,24H,9-13H2,1-8H3,(H,25,27)/t18-,19-/m1/s1. The number of carbonyl (C=O) groups excluding carboxylic acids is 3. The molecule has 0 unspecified atom stereocenters. The van der Waals surface area contributed by atoms with E-state index in [0.29, 0.717) is 12.2 Å². The quantitative estimate of drug-likeness (QED) is 0.463. The summed E-state index contributed by atoms with van der Waals surface area (Å²) in [5, 5.41) is 6.29. The Morgan fingerprint density at radius 2 is 1.77 bits per heavy atom. The Kier molecular flexibility index (Phi) is 10.0. The topological polar surface area (TPSA) is 87.7 Å². The van der Waals surface area contributed by atoms with Crippen LogP contribution in [0.1, 0.15) is 61.3 Å². The van der Waals surface area contributed by atoms with Crippen LogP contribution in [-0.2, 0) is 19.1 Å². The van der Waals surface area contributed by atoms with E-state index < -0.39 is 11.5 Å². The number of nitrogens with one attached hydrogen (secondary N) is 2. The Bertz CT molecular complexity index is 631. The van der Waals surface area contributed by atoms with Gasteiger partial charge in [0.15, 0.2) is 0 Å². The molecule has 1 aliphatic heterocycles. The predicted molar refractivity (Wildman–Crippen MR) is 119 cm³/mol. The summed E-state index contributed by atoms with van der Waals surface area (Å²) in [6.45, 7) is 15.3. The molecule has 0 saturated carbocycles. The SMILES string of the molecule is CCOC(=O)C(C)=C[C@H](C(C)C)N(C)C(=O)[C@@H](NC(=O)C1CCNCC1)C(C)(C)C. The zero-order chi connectivity index (χ0) is 23.1. The third-order valence-electron chi connectivity index (χ3n) is 5.61. The molecule has 0 aliphatic carbocycles. The van der Waals surface area contributed by atoms with Crippen LogP contribution in [0.25, 0.3) is 0 Å². The lowest BCUT2D eigenvalue weighted by Crippen LogP contribution is -2.57.